The van der Waals surface area contributed by atoms with Gasteiger partial charge in [0.2, 0.25) is 0 Å². The number of hydrogen-bond donors (Lipinski definition) is 0. The van der Waals surface area contributed by atoms with Gasteiger partial charge in [0.05, 0.1) is 0 Å². The van der Waals surface area contributed by atoms with Crippen LogP contribution in [0.2, 0.25) is 0 Å². The highest BCUT2D eigenvalue weighted by Gasteiger charge is 2.40. The lowest BCUT2D eigenvalue weighted by Crippen LogP contribution is -2.38. The van der Waals surface area contributed by atoms with Gasteiger partial charge in [-0.25, -0.2) is 0 Å². The third-order valence-corrected chi connectivity index (χ3v) is 20.5. The van der Waals surface area contributed by atoms with Gasteiger partial charge < -0.3 is 0 Å². The highest BCUT2D eigenvalue weighted by atomic mass is 14.4. The fourth-order valence-corrected chi connectivity index (χ4v) is 11.4. The standard InChI is InChI=1S/C52H106/c1-27-29(3)31(5)33(7)35(9)37(11)39(13)41(15)43(17)45(19)47(21)49(23)51(25)52(26)50(24)48(22)46(20)44(18)42(16)40(14)38(12)36(10)34(8)32(6)30(4)28-2/h29-52H,27-28H2,1-26H3. The van der Waals surface area contributed by atoms with E-state index < -0.39 is 0 Å². The average Bonchev–Trinajstić information content (AvgIpc) is 3.16. The van der Waals surface area contributed by atoms with E-state index in [4.69, 9.17) is 0 Å². The molecule has 0 amide bonds. The molecule has 0 aliphatic carbocycles. The second-order valence-corrected chi connectivity index (χ2v) is 21.7. The van der Waals surface area contributed by atoms with Crippen LogP contribution < -0.4 is 0 Å². The fraction of sp³-hybridized carbons (Fsp3) is 1.00. The Labute approximate surface area is 333 Å². The van der Waals surface area contributed by atoms with Gasteiger partial charge in [-0.05, 0) is 142 Å². The van der Waals surface area contributed by atoms with E-state index in [1.54, 1.807) is 0 Å². The molecule has 0 fully saturated rings. The van der Waals surface area contributed by atoms with Crippen LogP contribution in [-0.4, -0.2) is 0 Å². The SMILES string of the molecule is CCC(C)C(C)C(C)C(C)C(C)C(C)C(C)C(C)C(C)C(C)C(C)C(C)C(C)C(C)C(C)C(C)C(C)C(C)C(C)C(C)C(C)C(C)C(C)C(C)CC. The first-order chi connectivity index (χ1) is 23.8. The van der Waals surface area contributed by atoms with E-state index in [0.29, 0.717) is 0 Å². The Morgan fingerprint density at radius 2 is 0.231 bits per heavy atom. The topological polar surface area (TPSA) is 0 Å². The van der Waals surface area contributed by atoms with Gasteiger partial charge in [0.15, 0.2) is 0 Å². The molecule has 314 valence electrons. The van der Waals surface area contributed by atoms with Crippen molar-refractivity contribution >= 4 is 0 Å². The quantitative estimate of drug-likeness (QED) is 0.0877. The second-order valence-electron chi connectivity index (χ2n) is 21.7. The largest absolute Gasteiger partial charge is 0.0651 e. The van der Waals surface area contributed by atoms with Crippen molar-refractivity contribution in [2.24, 2.45) is 142 Å². The van der Waals surface area contributed by atoms with Crippen LogP contribution in [0.5, 0.6) is 0 Å². The van der Waals surface area contributed by atoms with Crippen LogP contribution in [0.25, 0.3) is 0 Å². The van der Waals surface area contributed by atoms with E-state index in [0.717, 1.165) is 142 Å². The molecule has 52 heavy (non-hydrogen) atoms. The van der Waals surface area contributed by atoms with Crippen molar-refractivity contribution in [1.82, 2.24) is 0 Å². The van der Waals surface area contributed by atoms with Crippen LogP contribution in [0.15, 0.2) is 0 Å². The van der Waals surface area contributed by atoms with Crippen molar-refractivity contribution in [3.8, 4) is 0 Å². The molecule has 0 saturated carbocycles. The highest BCUT2D eigenvalue weighted by molar-refractivity contribution is 4.88. The van der Waals surface area contributed by atoms with Gasteiger partial charge in [-0.1, -0.05) is 193 Å². The minimum Gasteiger partial charge on any atom is -0.0651 e. The van der Waals surface area contributed by atoms with Gasteiger partial charge in [0.1, 0.15) is 0 Å². The summed E-state index contributed by atoms with van der Waals surface area (Å²) in [5.74, 6) is 18.1. The van der Waals surface area contributed by atoms with Gasteiger partial charge in [-0.2, -0.15) is 0 Å². The molecule has 0 bridgehead atoms. The molecule has 0 nitrogen and oxygen atoms in total. The summed E-state index contributed by atoms with van der Waals surface area (Å²) < 4.78 is 0. The first-order valence-electron chi connectivity index (χ1n) is 23.8. The van der Waals surface area contributed by atoms with E-state index >= 15 is 0 Å². The molecule has 0 spiro atoms. The molecule has 0 N–H and O–H groups in total. The maximum Gasteiger partial charge on any atom is -0.0386 e. The molecule has 0 heterocycles. The lowest BCUT2D eigenvalue weighted by Gasteiger charge is -2.44. The second kappa shape index (κ2) is 23.3. The summed E-state index contributed by atoms with van der Waals surface area (Å²) in [5, 5.41) is 0. The minimum atomic E-state index is 0.727. The zero-order valence-electron chi connectivity index (χ0n) is 41.3. The van der Waals surface area contributed by atoms with Gasteiger partial charge >= 0.3 is 0 Å². The maximum atomic E-state index is 2.60. The summed E-state index contributed by atoms with van der Waals surface area (Å²) >= 11 is 0. The molecular weight excluding hydrogens is 625 g/mol. The molecule has 0 saturated heterocycles. The van der Waals surface area contributed by atoms with Crippen molar-refractivity contribution in [2.75, 3.05) is 0 Å². The van der Waals surface area contributed by atoms with E-state index in [1.165, 1.54) is 12.8 Å². The summed E-state index contributed by atoms with van der Waals surface area (Å²) in [7, 11) is 0. The Hall–Kier alpha value is 0. The van der Waals surface area contributed by atoms with Crippen LogP contribution >= 0.6 is 0 Å². The van der Waals surface area contributed by atoms with Crippen LogP contribution in [-0.2, 0) is 0 Å². The van der Waals surface area contributed by atoms with Gasteiger partial charge in [0.25, 0.3) is 0 Å². The third kappa shape index (κ3) is 13.0. The number of hydrogen-bond acceptors (Lipinski definition) is 0. The Morgan fingerprint density at radius 3 is 0.308 bits per heavy atom. The summed E-state index contributed by atoms with van der Waals surface area (Å²) in [6.07, 6.45) is 2.59. The van der Waals surface area contributed by atoms with E-state index in [1.807, 2.05) is 0 Å². The Kier molecular flexibility index (Phi) is 23.3. The molecule has 0 rings (SSSR count). The third-order valence-electron chi connectivity index (χ3n) is 20.5. The van der Waals surface area contributed by atoms with Gasteiger partial charge in [0, 0.05) is 0 Å². The van der Waals surface area contributed by atoms with Crippen molar-refractivity contribution < 1.29 is 0 Å². The van der Waals surface area contributed by atoms with Crippen LogP contribution in [0.4, 0.5) is 0 Å². The van der Waals surface area contributed by atoms with Crippen LogP contribution in [0, 0.1) is 142 Å². The zero-order chi connectivity index (χ0) is 41.3. The molecule has 24 atom stereocenters. The lowest BCUT2D eigenvalue weighted by atomic mass is 9.61. The molecule has 24 unspecified atom stereocenters. The zero-order valence-corrected chi connectivity index (χ0v) is 41.3. The maximum absolute atomic E-state index is 2.60. The predicted octanol–water partition coefficient (Wildman–Crippen LogP) is 17.1. The fourth-order valence-electron chi connectivity index (χ4n) is 11.4. The number of rotatable bonds is 25. The summed E-state index contributed by atoms with van der Waals surface area (Å²) in [4.78, 5) is 0. The smallest absolute Gasteiger partial charge is 0.0386 e. The molecule has 0 aromatic rings. The highest BCUT2D eigenvalue weighted by Crippen LogP contribution is 2.46. The molecule has 0 radical (unpaired) electrons. The van der Waals surface area contributed by atoms with E-state index in [9.17, 15) is 0 Å². The molecule has 0 aliphatic heterocycles. The van der Waals surface area contributed by atoms with E-state index in [2.05, 4.69) is 180 Å². The van der Waals surface area contributed by atoms with Crippen molar-refractivity contribution in [1.29, 1.82) is 0 Å². The van der Waals surface area contributed by atoms with Crippen LogP contribution in [0.3, 0.4) is 0 Å². The monoisotopic (exact) mass is 731 g/mol. The summed E-state index contributed by atoms with van der Waals surface area (Å²) in [5.41, 5.74) is 0. The normalized spacial score (nSPS) is 26.9. The van der Waals surface area contributed by atoms with Gasteiger partial charge in [-0.15, -0.1) is 0 Å². The molecule has 0 aromatic carbocycles. The first-order valence-corrected chi connectivity index (χ1v) is 23.8. The van der Waals surface area contributed by atoms with Crippen molar-refractivity contribution in [3.63, 3.8) is 0 Å². The molecule has 0 heteroatoms. The Bertz CT molecular complexity index is 845. The van der Waals surface area contributed by atoms with Crippen LogP contribution in [0.1, 0.15) is 193 Å². The first kappa shape index (κ1) is 52.0. The Balaban J connectivity index is 5.58. The predicted molar refractivity (Wildman–Crippen MR) is 241 cm³/mol. The van der Waals surface area contributed by atoms with Crippen molar-refractivity contribution in [3.05, 3.63) is 0 Å². The average molecular weight is 731 g/mol. The lowest BCUT2D eigenvalue weighted by molar-refractivity contribution is 0.0420. The Morgan fingerprint density at radius 1 is 0.154 bits per heavy atom. The minimum absolute atomic E-state index is 0.727. The summed E-state index contributed by atoms with van der Waals surface area (Å²) in [6.45, 7) is 66.3. The van der Waals surface area contributed by atoms with Crippen molar-refractivity contribution in [2.45, 2.75) is 193 Å². The van der Waals surface area contributed by atoms with E-state index in [-0.39, 0.29) is 0 Å². The summed E-state index contributed by atoms with van der Waals surface area (Å²) in [6, 6.07) is 0. The molecule has 0 aromatic heterocycles. The molecule has 0 aliphatic rings. The van der Waals surface area contributed by atoms with Gasteiger partial charge in [-0.3, -0.25) is 0 Å². The molecular formula is C52H106.